The summed E-state index contributed by atoms with van der Waals surface area (Å²) in [4.78, 5) is 40.3. The molecule has 1 aliphatic rings. The van der Waals surface area contributed by atoms with Crippen LogP contribution in [-0.4, -0.2) is 46.6 Å². The van der Waals surface area contributed by atoms with E-state index in [1.54, 1.807) is 0 Å². The van der Waals surface area contributed by atoms with E-state index in [-0.39, 0.29) is 30.1 Å². The Hall–Kier alpha value is -1.45. The quantitative estimate of drug-likeness (QED) is 0.430. The number of alkyl halides is 1. The summed E-state index contributed by atoms with van der Waals surface area (Å²) in [6.45, 7) is 0.150. The Labute approximate surface area is 128 Å². The highest BCUT2D eigenvalue weighted by molar-refractivity contribution is 7.52. The second-order valence-corrected chi connectivity index (χ2v) is 7.31. The number of ether oxygens (including phenoxy) is 1. The van der Waals surface area contributed by atoms with E-state index in [1.807, 2.05) is 0 Å². The van der Waals surface area contributed by atoms with E-state index in [0.29, 0.717) is 0 Å². The van der Waals surface area contributed by atoms with Crippen molar-refractivity contribution in [2.45, 2.75) is 30.3 Å². The third-order valence-corrected chi connectivity index (χ3v) is 4.95. The van der Waals surface area contributed by atoms with E-state index < -0.39 is 30.5 Å². The molecule has 12 heteroatoms. The van der Waals surface area contributed by atoms with E-state index in [1.165, 1.54) is 10.9 Å². The summed E-state index contributed by atoms with van der Waals surface area (Å²) in [7, 11) is -4.36. The molecular formula is C10H13ClN5O5P. The second kappa shape index (κ2) is 5.32. The average molecular weight is 350 g/mol. The molecule has 0 amide bonds. The zero-order valence-corrected chi connectivity index (χ0v) is 12.7. The minimum absolute atomic E-state index is 0.0410. The van der Waals surface area contributed by atoms with Gasteiger partial charge < -0.3 is 24.8 Å². The average Bonchev–Trinajstić information content (AvgIpc) is 2.95. The minimum Gasteiger partial charge on any atom is -0.369 e. The summed E-state index contributed by atoms with van der Waals surface area (Å²) in [5.41, 5.74) is 5.40. The van der Waals surface area contributed by atoms with Gasteiger partial charge >= 0.3 is 7.60 Å². The van der Waals surface area contributed by atoms with E-state index in [0.717, 1.165) is 0 Å². The molecule has 0 aliphatic carbocycles. The number of nitrogens with two attached hydrogens (primary N) is 1. The minimum atomic E-state index is -4.36. The van der Waals surface area contributed by atoms with Crippen molar-refractivity contribution in [1.82, 2.24) is 19.5 Å². The third kappa shape index (κ3) is 2.75. The maximum absolute atomic E-state index is 11.7. The fourth-order valence-corrected chi connectivity index (χ4v) is 3.60. The molecule has 2 aromatic rings. The van der Waals surface area contributed by atoms with Gasteiger partial charge in [0.05, 0.1) is 24.4 Å². The molecule has 1 aliphatic heterocycles. The number of halogens is 1. The number of anilines is 1. The number of nitrogens with one attached hydrogen (secondary N) is 1. The molecule has 120 valence electrons. The van der Waals surface area contributed by atoms with Gasteiger partial charge in [0.25, 0.3) is 5.56 Å². The number of nitrogens with zero attached hydrogens (tertiary/aromatic N) is 3. The Bertz CT molecular complexity index is 816. The van der Waals surface area contributed by atoms with Crippen LogP contribution < -0.4 is 11.3 Å². The van der Waals surface area contributed by atoms with Crippen LogP contribution in [0.15, 0.2) is 11.1 Å². The van der Waals surface area contributed by atoms with Crippen LogP contribution in [0.5, 0.6) is 0 Å². The van der Waals surface area contributed by atoms with E-state index >= 15 is 0 Å². The van der Waals surface area contributed by atoms with Crippen molar-refractivity contribution in [3.63, 3.8) is 0 Å². The number of rotatable bonds is 3. The molecule has 0 aromatic carbocycles. The van der Waals surface area contributed by atoms with Crippen LogP contribution in [0.1, 0.15) is 6.42 Å². The van der Waals surface area contributed by atoms with Crippen molar-refractivity contribution in [1.29, 1.82) is 0 Å². The largest absolute Gasteiger partial charge is 0.369 e. The van der Waals surface area contributed by atoms with Gasteiger partial charge in [-0.1, -0.05) is 0 Å². The molecule has 3 rings (SSSR count). The normalized spacial score (nSPS) is 25.9. The van der Waals surface area contributed by atoms with Crippen molar-refractivity contribution in [2.24, 2.45) is 0 Å². The Morgan fingerprint density at radius 2 is 2.32 bits per heavy atom. The van der Waals surface area contributed by atoms with Crippen LogP contribution in [0.3, 0.4) is 0 Å². The molecule has 3 heterocycles. The number of hydrogen-bond acceptors (Lipinski definition) is 6. The lowest BCUT2D eigenvalue weighted by molar-refractivity contribution is 0.0630. The number of hydrogen-bond donors (Lipinski definition) is 4. The van der Waals surface area contributed by atoms with Gasteiger partial charge in [-0.25, -0.2) is 4.98 Å². The van der Waals surface area contributed by atoms with Crippen molar-refractivity contribution < 1.29 is 19.1 Å². The van der Waals surface area contributed by atoms with Crippen molar-refractivity contribution in [3.8, 4) is 0 Å². The van der Waals surface area contributed by atoms with Crippen LogP contribution in [-0.2, 0) is 15.8 Å². The van der Waals surface area contributed by atoms with Gasteiger partial charge in [-0.05, 0) is 0 Å². The van der Waals surface area contributed by atoms with E-state index in [2.05, 4.69) is 15.0 Å². The lowest BCUT2D eigenvalue weighted by atomic mass is 10.2. The second-order valence-electron chi connectivity index (χ2n) is 4.99. The number of nitrogen functional groups attached to an aromatic ring is 1. The first-order chi connectivity index (χ1) is 10.3. The molecule has 0 saturated carbocycles. The predicted octanol–water partition coefficient (Wildman–Crippen LogP) is -0.398. The fourth-order valence-electron chi connectivity index (χ4n) is 2.36. The molecule has 2 aromatic heterocycles. The molecular weight excluding hydrogens is 337 g/mol. The molecule has 0 spiro atoms. The van der Waals surface area contributed by atoms with Crippen molar-refractivity contribution in [3.05, 3.63) is 16.7 Å². The summed E-state index contributed by atoms with van der Waals surface area (Å²) in [6, 6.07) is 0. The van der Waals surface area contributed by atoms with Gasteiger partial charge in [-0.3, -0.25) is 14.3 Å². The monoisotopic (exact) mass is 349 g/mol. The van der Waals surface area contributed by atoms with Gasteiger partial charge in [-0.2, -0.15) is 4.98 Å². The molecule has 22 heavy (non-hydrogen) atoms. The predicted molar refractivity (Wildman–Crippen MR) is 77.5 cm³/mol. The number of aromatic nitrogens is 4. The van der Waals surface area contributed by atoms with E-state index in [4.69, 9.17) is 31.9 Å². The third-order valence-electron chi connectivity index (χ3n) is 3.41. The molecule has 0 bridgehead atoms. The summed E-state index contributed by atoms with van der Waals surface area (Å²) in [5.74, 6) is -1.28. The lowest BCUT2D eigenvalue weighted by Crippen LogP contribution is -2.23. The maximum Gasteiger partial charge on any atom is 0.354 e. The maximum atomic E-state index is 11.7. The Morgan fingerprint density at radius 1 is 1.59 bits per heavy atom. The first kappa shape index (κ1) is 15.4. The van der Waals surface area contributed by atoms with E-state index in [9.17, 15) is 9.36 Å². The van der Waals surface area contributed by atoms with Crippen molar-refractivity contribution >= 4 is 36.3 Å². The number of imidazole rings is 1. The highest BCUT2D eigenvalue weighted by Crippen LogP contribution is 2.49. The van der Waals surface area contributed by atoms with Gasteiger partial charge in [0, 0.05) is 6.42 Å². The van der Waals surface area contributed by atoms with Crippen LogP contribution in [0.2, 0.25) is 0 Å². The van der Waals surface area contributed by atoms with Crippen molar-refractivity contribution in [2.75, 3.05) is 5.73 Å². The van der Waals surface area contributed by atoms with Gasteiger partial charge in [0.2, 0.25) is 5.95 Å². The van der Waals surface area contributed by atoms with Crippen LogP contribution >= 0.6 is 19.2 Å². The molecule has 3 atom stereocenters. The fraction of sp³-hybridized carbons (Fsp3) is 0.500. The zero-order chi connectivity index (χ0) is 16.1. The molecule has 0 radical (unpaired) electrons. The standard InChI is InChI=1S/C10H13ClN5O5P/c11-4-1-6(22(18,19)20)21-5(4)2-16-3-13-7-8(16)14-10(12)15-9(7)17/h3-6H,1-2H2,(H2,18,19,20)(H3,12,14,15,17)/t4-,5+,6+/m0/s1. The van der Waals surface area contributed by atoms with Gasteiger partial charge in [0.15, 0.2) is 17.0 Å². The molecule has 5 N–H and O–H groups in total. The lowest BCUT2D eigenvalue weighted by Gasteiger charge is -2.16. The summed E-state index contributed by atoms with van der Waals surface area (Å²) in [6.07, 6.45) is 0.780. The van der Waals surface area contributed by atoms with Crippen LogP contribution in [0.25, 0.3) is 11.2 Å². The summed E-state index contributed by atoms with van der Waals surface area (Å²) >= 11 is 6.09. The summed E-state index contributed by atoms with van der Waals surface area (Å²) < 4.78 is 18.1. The Morgan fingerprint density at radius 3 is 2.95 bits per heavy atom. The van der Waals surface area contributed by atoms with Crippen LogP contribution in [0.4, 0.5) is 5.95 Å². The Kier molecular flexibility index (Phi) is 3.74. The topological polar surface area (TPSA) is 156 Å². The van der Waals surface area contributed by atoms with Gasteiger partial charge in [-0.15, -0.1) is 11.6 Å². The first-order valence-electron chi connectivity index (χ1n) is 6.31. The number of fused-ring (bicyclic) bond motifs is 1. The van der Waals surface area contributed by atoms with Gasteiger partial charge in [0.1, 0.15) is 0 Å². The molecule has 1 saturated heterocycles. The number of aromatic amines is 1. The summed E-state index contributed by atoms with van der Waals surface area (Å²) in [5, 5.41) is -0.575. The van der Waals surface area contributed by atoms with Crippen LogP contribution in [0, 0.1) is 0 Å². The molecule has 1 fully saturated rings. The zero-order valence-electron chi connectivity index (χ0n) is 11.1. The molecule has 10 nitrogen and oxygen atoms in total. The highest BCUT2D eigenvalue weighted by atomic mass is 35.5. The Balaban J connectivity index is 1.88. The molecule has 0 unspecified atom stereocenters. The highest BCUT2D eigenvalue weighted by Gasteiger charge is 2.43. The SMILES string of the molecule is Nc1nc2c(ncn2C[C@H]2O[C@H](P(=O)(O)O)C[C@@H]2Cl)c(=O)[nH]1. The first-order valence-corrected chi connectivity index (χ1v) is 8.43. The number of H-pyrrole nitrogens is 1. The smallest absolute Gasteiger partial charge is 0.354 e.